The van der Waals surface area contributed by atoms with Gasteiger partial charge in [-0.3, -0.25) is 0 Å². The van der Waals surface area contributed by atoms with Crippen molar-refractivity contribution in [1.82, 2.24) is 9.97 Å². The Kier molecular flexibility index (Phi) is 2.83. The Hall–Kier alpha value is -0.740. The second kappa shape index (κ2) is 4.14. The van der Waals surface area contributed by atoms with Gasteiger partial charge in [-0.25, -0.2) is 4.98 Å². The van der Waals surface area contributed by atoms with Gasteiger partial charge in [0.1, 0.15) is 10.5 Å². The molecule has 0 amide bonds. The van der Waals surface area contributed by atoms with Crippen LogP contribution in [0, 0.1) is 4.64 Å². The molecule has 1 N–H and O–H groups in total. The van der Waals surface area contributed by atoms with E-state index in [1.165, 1.54) is 12.1 Å². The summed E-state index contributed by atoms with van der Waals surface area (Å²) in [6, 6.07) is 1.98. The number of aromatic amines is 1. The first-order valence-electron chi connectivity index (χ1n) is 6.71. The van der Waals surface area contributed by atoms with E-state index in [1.54, 1.807) is 0 Å². The van der Waals surface area contributed by atoms with Crippen LogP contribution >= 0.6 is 12.2 Å². The minimum absolute atomic E-state index is 0.0731. The summed E-state index contributed by atoms with van der Waals surface area (Å²) in [4.78, 5) is 8.02. The Morgan fingerprint density at radius 1 is 1.39 bits per heavy atom. The van der Waals surface area contributed by atoms with Crippen LogP contribution in [0.4, 0.5) is 0 Å². The van der Waals surface area contributed by atoms with Gasteiger partial charge in [0.2, 0.25) is 0 Å². The van der Waals surface area contributed by atoms with Gasteiger partial charge in [0.25, 0.3) is 0 Å². The molecule has 3 unspecified atom stereocenters. The monoisotopic (exact) mass is 264 g/mol. The molecule has 2 aliphatic rings. The molecule has 0 aromatic carbocycles. The normalized spacial score (nSPS) is 30.9. The van der Waals surface area contributed by atoms with Crippen molar-refractivity contribution in [3.63, 3.8) is 0 Å². The van der Waals surface area contributed by atoms with E-state index >= 15 is 0 Å². The summed E-state index contributed by atoms with van der Waals surface area (Å²) in [5.41, 5.74) is 1.24. The lowest BCUT2D eigenvalue weighted by molar-refractivity contribution is 0.0998. The van der Waals surface area contributed by atoms with Gasteiger partial charge in [-0.2, -0.15) is 0 Å². The van der Waals surface area contributed by atoms with Gasteiger partial charge >= 0.3 is 0 Å². The van der Waals surface area contributed by atoms with Crippen LogP contribution in [0.25, 0.3) is 0 Å². The molecule has 2 saturated heterocycles. The lowest BCUT2D eigenvalue weighted by atomic mass is 9.87. The molecular weight excluding hydrogens is 244 g/mol. The fraction of sp³-hybridized carbons (Fsp3) is 0.714. The van der Waals surface area contributed by atoms with E-state index in [-0.39, 0.29) is 5.41 Å². The lowest BCUT2D eigenvalue weighted by Gasteiger charge is -2.23. The number of aromatic nitrogens is 2. The molecule has 0 radical (unpaired) electrons. The SMILES string of the molecule is CC(C)(C)c1cc(=S)nc(C2CC3CCC2O3)[nH]1. The highest BCUT2D eigenvalue weighted by molar-refractivity contribution is 7.71. The molecule has 3 nitrogen and oxygen atoms in total. The van der Waals surface area contributed by atoms with E-state index in [0.29, 0.717) is 22.8 Å². The van der Waals surface area contributed by atoms with Gasteiger partial charge in [0.05, 0.1) is 12.2 Å². The zero-order chi connectivity index (χ0) is 12.9. The predicted molar refractivity (Wildman–Crippen MR) is 73.4 cm³/mol. The maximum absolute atomic E-state index is 5.91. The van der Waals surface area contributed by atoms with Gasteiger partial charge < -0.3 is 9.72 Å². The average molecular weight is 264 g/mol. The molecular formula is C14H20N2OS. The molecule has 2 aliphatic heterocycles. The molecule has 1 aromatic rings. The fourth-order valence-electron chi connectivity index (χ4n) is 2.98. The van der Waals surface area contributed by atoms with Gasteiger partial charge in [-0.1, -0.05) is 33.0 Å². The van der Waals surface area contributed by atoms with Crippen molar-refractivity contribution in [1.29, 1.82) is 0 Å². The number of nitrogens with zero attached hydrogens (tertiary/aromatic N) is 1. The summed E-state index contributed by atoms with van der Waals surface area (Å²) >= 11 is 5.31. The number of ether oxygens (including phenoxy) is 1. The first-order valence-corrected chi connectivity index (χ1v) is 7.11. The smallest absolute Gasteiger partial charge is 0.130 e. The van der Waals surface area contributed by atoms with Gasteiger partial charge in [0, 0.05) is 17.0 Å². The van der Waals surface area contributed by atoms with Crippen LogP contribution in [-0.2, 0) is 10.2 Å². The summed E-state index contributed by atoms with van der Waals surface area (Å²) in [5.74, 6) is 1.44. The van der Waals surface area contributed by atoms with Crippen LogP contribution in [-0.4, -0.2) is 22.2 Å². The van der Waals surface area contributed by atoms with Gasteiger partial charge in [0.15, 0.2) is 0 Å². The third-order valence-corrected chi connectivity index (χ3v) is 4.24. The molecule has 4 heteroatoms. The predicted octanol–water partition coefficient (Wildman–Crippen LogP) is 3.47. The summed E-state index contributed by atoms with van der Waals surface area (Å²) in [6.45, 7) is 6.57. The summed E-state index contributed by atoms with van der Waals surface area (Å²) in [5, 5.41) is 0. The molecule has 3 heterocycles. The van der Waals surface area contributed by atoms with E-state index in [2.05, 4.69) is 30.7 Å². The van der Waals surface area contributed by atoms with Crippen LogP contribution in [0.1, 0.15) is 57.5 Å². The highest BCUT2D eigenvalue weighted by atomic mass is 32.1. The molecule has 2 fully saturated rings. The number of fused-ring (bicyclic) bond motifs is 2. The van der Waals surface area contributed by atoms with Crippen LogP contribution in [0.2, 0.25) is 0 Å². The van der Waals surface area contributed by atoms with Crippen molar-refractivity contribution in [3.8, 4) is 0 Å². The maximum Gasteiger partial charge on any atom is 0.130 e. The first kappa shape index (κ1) is 12.3. The van der Waals surface area contributed by atoms with Crippen molar-refractivity contribution in [2.75, 3.05) is 0 Å². The molecule has 1 aromatic heterocycles. The molecule has 3 rings (SSSR count). The Morgan fingerprint density at radius 3 is 2.72 bits per heavy atom. The molecule has 18 heavy (non-hydrogen) atoms. The van der Waals surface area contributed by atoms with Gasteiger partial charge in [-0.05, 0) is 25.3 Å². The third-order valence-electron chi connectivity index (χ3n) is 4.03. The number of nitrogens with one attached hydrogen (secondary N) is 1. The van der Waals surface area contributed by atoms with Crippen LogP contribution in [0.3, 0.4) is 0 Å². The molecule has 0 saturated carbocycles. The van der Waals surface area contributed by atoms with Crippen molar-refractivity contribution < 1.29 is 4.74 Å². The summed E-state index contributed by atoms with van der Waals surface area (Å²) in [7, 11) is 0. The summed E-state index contributed by atoms with van der Waals surface area (Å²) in [6.07, 6.45) is 4.26. The minimum Gasteiger partial charge on any atom is -0.374 e. The van der Waals surface area contributed by atoms with E-state index in [9.17, 15) is 0 Å². The standard InChI is InChI=1S/C14H20N2OS/c1-14(2,3)11-7-12(18)16-13(15-11)9-6-8-4-5-10(9)17-8/h7-10H,4-6H2,1-3H3,(H,15,16,18). The van der Waals surface area contributed by atoms with Crippen molar-refractivity contribution >= 4 is 12.2 Å². The molecule has 3 atom stereocenters. The van der Waals surface area contributed by atoms with Crippen LogP contribution in [0.5, 0.6) is 0 Å². The Labute approximate surface area is 113 Å². The summed E-state index contributed by atoms with van der Waals surface area (Å²) < 4.78 is 6.60. The number of hydrogen-bond acceptors (Lipinski definition) is 3. The van der Waals surface area contributed by atoms with Crippen LogP contribution in [0.15, 0.2) is 6.07 Å². The fourth-order valence-corrected chi connectivity index (χ4v) is 3.20. The molecule has 2 bridgehead atoms. The molecule has 0 aliphatic carbocycles. The second-order valence-electron chi connectivity index (χ2n) is 6.48. The van der Waals surface area contributed by atoms with E-state index < -0.39 is 0 Å². The van der Waals surface area contributed by atoms with E-state index in [4.69, 9.17) is 17.0 Å². The lowest BCUT2D eigenvalue weighted by Crippen LogP contribution is -2.21. The molecule has 98 valence electrons. The minimum atomic E-state index is 0.0731. The zero-order valence-electron chi connectivity index (χ0n) is 11.2. The quantitative estimate of drug-likeness (QED) is 0.789. The zero-order valence-corrected chi connectivity index (χ0v) is 12.0. The van der Waals surface area contributed by atoms with Gasteiger partial charge in [-0.15, -0.1) is 0 Å². The Bertz CT molecular complexity index is 517. The third kappa shape index (κ3) is 2.12. The first-order chi connectivity index (χ1) is 8.43. The molecule has 0 spiro atoms. The number of rotatable bonds is 1. The highest BCUT2D eigenvalue weighted by Crippen LogP contribution is 2.43. The largest absolute Gasteiger partial charge is 0.374 e. The average Bonchev–Trinajstić information content (AvgIpc) is 2.88. The van der Waals surface area contributed by atoms with Crippen LogP contribution < -0.4 is 0 Å². The van der Waals surface area contributed by atoms with Crippen molar-refractivity contribution in [2.45, 2.75) is 63.6 Å². The topological polar surface area (TPSA) is 37.9 Å². The number of H-pyrrole nitrogens is 1. The maximum atomic E-state index is 5.91. The van der Waals surface area contributed by atoms with Crippen molar-refractivity contribution in [3.05, 3.63) is 22.2 Å². The second-order valence-corrected chi connectivity index (χ2v) is 6.90. The van der Waals surface area contributed by atoms with Crippen molar-refractivity contribution in [2.24, 2.45) is 0 Å². The van der Waals surface area contributed by atoms with E-state index in [1.807, 2.05) is 6.07 Å². The highest BCUT2D eigenvalue weighted by Gasteiger charge is 2.42. The van der Waals surface area contributed by atoms with E-state index in [0.717, 1.165) is 18.7 Å². The number of hydrogen-bond donors (Lipinski definition) is 1. The Balaban J connectivity index is 1.98. The Morgan fingerprint density at radius 2 is 2.17 bits per heavy atom.